The van der Waals surface area contributed by atoms with Gasteiger partial charge in [0.2, 0.25) is 0 Å². The molecule has 1 aliphatic heterocycles. The third kappa shape index (κ3) is 4.76. The number of aliphatic hydroxyl groups is 1. The molecule has 0 aromatic heterocycles. The van der Waals surface area contributed by atoms with Crippen LogP contribution in [-0.2, 0) is 19.4 Å². The Labute approximate surface area is 137 Å². The summed E-state index contributed by atoms with van der Waals surface area (Å²) in [5.41, 5.74) is 0. The third-order valence-electron chi connectivity index (χ3n) is 4.30. The second-order valence-electron chi connectivity index (χ2n) is 5.78. The molecule has 1 heterocycles. The minimum absolute atomic E-state index is 0.0707. The molecule has 0 spiro atoms. The maximum absolute atomic E-state index is 12.2. The molecular weight excluding hydrogens is 318 g/mol. The van der Waals surface area contributed by atoms with E-state index in [-0.39, 0.29) is 11.7 Å². The topological polar surface area (TPSA) is 83.9 Å². The summed E-state index contributed by atoms with van der Waals surface area (Å²) < 4.78 is 29.0. The maximum Gasteiger partial charge on any atom is 0.334 e. The number of aliphatic hydroxyl groups excluding tert-OH is 1. The fourth-order valence-corrected chi connectivity index (χ4v) is 4.11. The fraction of sp³-hybridized carbons (Fsp3) is 0.562. The summed E-state index contributed by atoms with van der Waals surface area (Å²) in [5.74, 6) is -0.652. The Kier molecular flexibility index (Phi) is 6.15. The van der Waals surface area contributed by atoms with Gasteiger partial charge in [0, 0.05) is 6.54 Å². The SMILES string of the molecule is COC(=O)C(O)C1CCN(CCS(=O)(=O)c2ccccc2)CC1. The first-order chi connectivity index (χ1) is 10.9. The zero-order valence-corrected chi connectivity index (χ0v) is 14.0. The summed E-state index contributed by atoms with van der Waals surface area (Å²) in [6, 6.07) is 8.43. The van der Waals surface area contributed by atoms with Crippen LogP contribution in [0.1, 0.15) is 12.8 Å². The number of hydrogen-bond donors (Lipinski definition) is 1. The fourth-order valence-electron chi connectivity index (χ4n) is 2.80. The lowest BCUT2D eigenvalue weighted by atomic mass is 9.91. The van der Waals surface area contributed by atoms with Crippen LogP contribution in [0.25, 0.3) is 0 Å². The van der Waals surface area contributed by atoms with Crippen molar-refractivity contribution >= 4 is 15.8 Å². The van der Waals surface area contributed by atoms with Gasteiger partial charge in [0.25, 0.3) is 0 Å². The van der Waals surface area contributed by atoms with E-state index in [0.717, 1.165) is 0 Å². The molecule has 0 amide bonds. The number of methoxy groups -OCH3 is 1. The number of carbonyl (C=O) groups excluding carboxylic acids is 1. The van der Waals surface area contributed by atoms with E-state index in [4.69, 9.17) is 0 Å². The van der Waals surface area contributed by atoms with E-state index in [1.165, 1.54) is 7.11 Å². The van der Waals surface area contributed by atoms with Crippen LogP contribution in [0.3, 0.4) is 0 Å². The molecule has 1 aromatic carbocycles. The van der Waals surface area contributed by atoms with Crippen LogP contribution in [0.2, 0.25) is 0 Å². The van der Waals surface area contributed by atoms with E-state index in [1.54, 1.807) is 30.3 Å². The van der Waals surface area contributed by atoms with Crippen molar-refractivity contribution in [3.05, 3.63) is 30.3 Å². The van der Waals surface area contributed by atoms with Gasteiger partial charge in [-0.05, 0) is 44.0 Å². The Bertz CT molecular complexity index is 609. The van der Waals surface area contributed by atoms with E-state index in [1.807, 2.05) is 0 Å². The summed E-state index contributed by atoms with van der Waals surface area (Å²) in [6.45, 7) is 1.80. The molecule has 2 rings (SSSR count). The molecule has 0 bridgehead atoms. The van der Waals surface area contributed by atoms with Crippen molar-refractivity contribution in [2.45, 2.75) is 23.8 Å². The lowest BCUT2D eigenvalue weighted by Gasteiger charge is -2.33. The van der Waals surface area contributed by atoms with E-state index >= 15 is 0 Å². The monoisotopic (exact) mass is 341 g/mol. The van der Waals surface area contributed by atoms with Crippen LogP contribution in [-0.4, -0.2) is 63.0 Å². The van der Waals surface area contributed by atoms with Gasteiger partial charge in [0.05, 0.1) is 17.8 Å². The van der Waals surface area contributed by atoms with E-state index in [0.29, 0.717) is 37.4 Å². The third-order valence-corrected chi connectivity index (χ3v) is 6.01. The zero-order valence-electron chi connectivity index (χ0n) is 13.2. The highest BCUT2D eigenvalue weighted by Crippen LogP contribution is 2.22. The molecule has 0 radical (unpaired) electrons. The van der Waals surface area contributed by atoms with Crippen molar-refractivity contribution in [3.63, 3.8) is 0 Å². The average molecular weight is 341 g/mol. The van der Waals surface area contributed by atoms with Gasteiger partial charge in [0.15, 0.2) is 15.9 Å². The van der Waals surface area contributed by atoms with Crippen molar-refractivity contribution in [1.29, 1.82) is 0 Å². The Hall–Kier alpha value is -1.44. The van der Waals surface area contributed by atoms with Gasteiger partial charge in [0.1, 0.15) is 0 Å². The van der Waals surface area contributed by atoms with Crippen molar-refractivity contribution in [3.8, 4) is 0 Å². The summed E-state index contributed by atoms with van der Waals surface area (Å²) in [5, 5.41) is 9.85. The highest BCUT2D eigenvalue weighted by molar-refractivity contribution is 7.91. The van der Waals surface area contributed by atoms with Crippen molar-refractivity contribution in [2.75, 3.05) is 32.5 Å². The van der Waals surface area contributed by atoms with Crippen molar-refractivity contribution < 1.29 is 23.1 Å². The quantitative estimate of drug-likeness (QED) is 0.767. The molecular formula is C16H23NO5S. The average Bonchev–Trinajstić information content (AvgIpc) is 2.60. The van der Waals surface area contributed by atoms with Crippen LogP contribution in [0.4, 0.5) is 0 Å². The molecule has 1 atom stereocenters. The lowest BCUT2D eigenvalue weighted by Crippen LogP contribution is -2.42. The van der Waals surface area contributed by atoms with Crippen molar-refractivity contribution in [2.24, 2.45) is 5.92 Å². The predicted molar refractivity (Wildman–Crippen MR) is 85.7 cm³/mol. The largest absolute Gasteiger partial charge is 0.467 e. The number of piperidine rings is 1. The molecule has 0 saturated carbocycles. The van der Waals surface area contributed by atoms with E-state index < -0.39 is 21.9 Å². The first-order valence-corrected chi connectivity index (χ1v) is 9.35. The molecule has 7 heteroatoms. The number of hydrogen-bond acceptors (Lipinski definition) is 6. The zero-order chi connectivity index (χ0) is 16.9. The summed E-state index contributed by atoms with van der Waals surface area (Å²) >= 11 is 0. The number of carbonyl (C=O) groups is 1. The first-order valence-electron chi connectivity index (χ1n) is 7.70. The first kappa shape index (κ1) is 17.9. The van der Waals surface area contributed by atoms with Gasteiger partial charge in [-0.25, -0.2) is 13.2 Å². The van der Waals surface area contributed by atoms with E-state index in [9.17, 15) is 18.3 Å². The van der Waals surface area contributed by atoms with Crippen LogP contribution in [0.15, 0.2) is 35.2 Å². The Balaban J connectivity index is 1.82. The second kappa shape index (κ2) is 7.90. The van der Waals surface area contributed by atoms with Crippen LogP contribution in [0.5, 0.6) is 0 Å². The van der Waals surface area contributed by atoms with Crippen LogP contribution in [0, 0.1) is 5.92 Å². The summed E-state index contributed by atoms with van der Waals surface area (Å²) in [7, 11) is -2.01. The van der Waals surface area contributed by atoms with E-state index in [2.05, 4.69) is 9.64 Å². The van der Waals surface area contributed by atoms with Gasteiger partial charge in [-0.15, -0.1) is 0 Å². The van der Waals surface area contributed by atoms with Crippen LogP contribution >= 0.6 is 0 Å². The Morgan fingerprint density at radius 1 is 1.30 bits per heavy atom. The second-order valence-corrected chi connectivity index (χ2v) is 7.89. The molecule has 1 N–H and O–H groups in total. The minimum Gasteiger partial charge on any atom is -0.467 e. The number of ether oxygens (including phenoxy) is 1. The standard InChI is InChI=1S/C16H23NO5S/c1-22-16(19)15(18)13-7-9-17(10-8-13)11-12-23(20,21)14-5-3-2-4-6-14/h2-6,13,15,18H,7-12H2,1H3. The van der Waals surface area contributed by atoms with Gasteiger partial charge in [-0.2, -0.15) is 0 Å². The highest BCUT2D eigenvalue weighted by Gasteiger charge is 2.30. The predicted octanol–water partition coefficient (Wildman–Crippen LogP) is 0.706. The smallest absolute Gasteiger partial charge is 0.334 e. The van der Waals surface area contributed by atoms with Crippen molar-refractivity contribution in [1.82, 2.24) is 4.90 Å². The van der Waals surface area contributed by atoms with Gasteiger partial charge < -0.3 is 14.7 Å². The molecule has 1 saturated heterocycles. The maximum atomic E-state index is 12.2. The minimum atomic E-state index is -3.27. The summed E-state index contributed by atoms with van der Waals surface area (Å²) in [4.78, 5) is 13.7. The highest BCUT2D eigenvalue weighted by atomic mass is 32.2. The van der Waals surface area contributed by atoms with Gasteiger partial charge in [-0.3, -0.25) is 0 Å². The Morgan fingerprint density at radius 3 is 2.48 bits per heavy atom. The number of esters is 1. The van der Waals surface area contributed by atoms with Gasteiger partial charge in [-0.1, -0.05) is 18.2 Å². The number of likely N-dealkylation sites (tertiary alicyclic amines) is 1. The summed E-state index contributed by atoms with van der Waals surface area (Å²) in [6.07, 6.45) is 0.221. The van der Waals surface area contributed by atoms with Gasteiger partial charge >= 0.3 is 5.97 Å². The molecule has 23 heavy (non-hydrogen) atoms. The lowest BCUT2D eigenvalue weighted by molar-refractivity contribution is -0.154. The number of sulfone groups is 1. The number of rotatable bonds is 6. The molecule has 128 valence electrons. The molecule has 1 unspecified atom stereocenters. The molecule has 1 aromatic rings. The number of nitrogens with zero attached hydrogens (tertiary/aromatic N) is 1. The molecule has 0 aliphatic carbocycles. The Morgan fingerprint density at radius 2 is 1.91 bits per heavy atom. The molecule has 1 aliphatic rings. The molecule has 6 nitrogen and oxygen atoms in total. The van der Waals surface area contributed by atoms with Crippen LogP contribution < -0.4 is 0 Å². The number of benzene rings is 1. The molecule has 1 fully saturated rings. The normalized spacial score (nSPS) is 18.5.